The molecule has 0 saturated carbocycles. The minimum absolute atomic E-state index is 0.906. The van der Waals surface area contributed by atoms with Crippen LogP contribution in [0, 0.1) is 0 Å². The molecule has 0 aliphatic rings. The molecule has 0 heterocycles. The summed E-state index contributed by atoms with van der Waals surface area (Å²) in [6, 6.07) is 0. The van der Waals surface area contributed by atoms with Gasteiger partial charge >= 0.3 is 0 Å². The summed E-state index contributed by atoms with van der Waals surface area (Å²) >= 11 is 0.982. The first-order valence-corrected chi connectivity index (χ1v) is 10.3. The van der Waals surface area contributed by atoms with E-state index in [0.29, 0.717) is 0 Å². The van der Waals surface area contributed by atoms with E-state index in [9.17, 15) is 0 Å². The average molecular weight is 315 g/mol. The lowest BCUT2D eigenvalue weighted by Gasteiger charge is -2.00. The van der Waals surface area contributed by atoms with Gasteiger partial charge in [-0.25, -0.2) is 0 Å². The van der Waals surface area contributed by atoms with Gasteiger partial charge in [-0.1, -0.05) is 83.3 Å². The van der Waals surface area contributed by atoms with Crippen molar-refractivity contribution in [1.82, 2.24) is 0 Å². The van der Waals surface area contributed by atoms with Gasteiger partial charge in [-0.05, 0) is 44.1 Å². The molecule has 21 heavy (non-hydrogen) atoms. The second kappa shape index (κ2) is 20.1. The molecule has 0 fully saturated rings. The van der Waals surface area contributed by atoms with Crippen LogP contribution in [0.5, 0.6) is 0 Å². The molecule has 0 saturated heterocycles. The smallest absolute Gasteiger partial charge is 0.0195 e. The van der Waals surface area contributed by atoms with E-state index < -0.39 is 0 Å². The van der Waals surface area contributed by atoms with Crippen molar-refractivity contribution in [3.63, 3.8) is 0 Å². The number of hydrogen-bond acceptors (Lipinski definition) is 2. The molecule has 2 heteroatoms. The molecule has 0 radical (unpaired) electrons. The normalized spacial score (nSPS) is 11.5. The highest BCUT2D eigenvalue weighted by atomic mass is 32.2. The van der Waals surface area contributed by atoms with Gasteiger partial charge in [0.25, 0.3) is 0 Å². The summed E-state index contributed by atoms with van der Waals surface area (Å²) in [7, 11) is 0. The van der Waals surface area contributed by atoms with Crippen LogP contribution in [-0.4, -0.2) is 10.3 Å². The maximum absolute atomic E-state index is 8.60. The van der Waals surface area contributed by atoms with Crippen molar-refractivity contribution in [2.24, 2.45) is 0 Å². The van der Waals surface area contributed by atoms with Gasteiger partial charge in [0, 0.05) is 5.75 Å². The zero-order chi connectivity index (χ0) is 15.4. The van der Waals surface area contributed by atoms with Crippen molar-refractivity contribution >= 4 is 12.0 Å². The SMILES string of the molecule is CCCCCCCC/C=C\CCCCCCCCCSO. The summed E-state index contributed by atoms with van der Waals surface area (Å²) in [5, 5.41) is 0. The third-order valence-electron chi connectivity index (χ3n) is 4.00. The molecule has 0 rings (SSSR count). The molecular formula is C19H38OS. The van der Waals surface area contributed by atoms with Crippen LogP contribution in [0.4, 0.5) is 0 Å². The molecule has 126 valence electrons. The molecule has 0 unspecified atom stereocenters. The van der Waals surface area contributed by atoms with Crippen molar-refractivity contribution in [3.8, 4) is 0 Å². The van der Waals surface area contributed by atoms with E-state index >= 15 is 0 Å². The van der Waals surface area contributed by atoms with Crippen LogP contribution in [0.25, 0.3) is 0 Å². The van der Waals surface area contributed by atoms with Crippen molar-refractivity contribution in [2.75, 3.05) is 5.75 Å². The molecule has 0 bridgehead atoms. The second-order valence-corrected chi connectivity index (χ2v) is 6.79. The van der Waals surface area contributed by atoms with Crippen LogP contribution in [-0.2, 0) is 0 Å². The Bertz CT molecular complexity index is 204. The van der Waals surface area contributed by atoms with Crippen LogP contribution in [0.15, 0.2) is 12.2 Å². The molecule has 0 aromatic carbocycles. The fourth-order valence-corrected chi connectivity index (χ4v) is 2.92. The molecule has 0 atom stereocenters. The summed E-state index contributed by atoms with van der Waals surface area (Å²) in [4.78, 5) is 0. The number of unbranched alkanes of at least 4 members (excludes halogenated alkanes) is 13. The van der Waals surface area contributed by atoms with Gasteiger partial charge in [-0.15, -0.1) is 0 Å². The van der Waals surface area contributed by atoms with Gasteiger partial charge in [0.2, 0.25) is 0 Å². The Balaban J connectivity index is 3.02. The van der Waals surface area contributed by atoms with Gasteiger partial charge < -0.3 is 4.55 Å². The lowest BCUT2D eigenvalue weighted by molar-refractivity contribution is 0.589. The minimum atomic E-state index is 0.906. The van der Waals surface area contributed by atoms with Crippen LogP contribution < -0.4 is 0 Å². The molecule has 0 aromatic heterocycles. The highest BCUT2D eigenvalue weighted by Crippen LogP contribution is 2.11. The fourth-order valence-electron chi connectivity index (χ4n) is 2.59. The summed E-state index contributed by atoms with van der Waals surface area (Å²) in [5.41, 5.74) is 0. The lowest BCUT2D eigenvalue weighted by Crippen LogP contribution is -1.82. The molecule has 0 aliphatic carbocycles. The topological polar surface area (TPSA) is 20.2 Å². The highest BCUT2D eigenvalue weighted by molar-refractivity contribution is 7.93. The molecule has 1 nitrogen and oxygen atoms in total. The third-order valence-corrected chi connectivity index (χ3v) is 4.47. The number of allylic oxidation sites excluding steroid dienone is 2. The van der Waals surface area contributed by atoms with E-state index in [1.165, 1.54) is 96.3 Å². The minimum Gasteiger partial charge on any atom is -0.330 e. The Morgan fingerprint density at radius 2 is 1.05 bits per heavy atom. The monoisotopic (exact) mass is 314 g/mol. The van der Waals surface area contributed by atoms with E-state index in [0.717, 1.165) is 17.8 Å². The molecule has 1 N–H and O–H groups in total. The van der Waals surface area contributed by atoms with Crippen LogP contribution in [0.3, 0.4) is 0 Å². The summed E-state index contributed by atoms with van der Waals surface area (Å²) < 4.78 is 8.60. The summed E-state index contributed by atoms with van der Waals surface area (Å²) in [6.45, 7) is 2.28. The quantitative estimate of drug-likeness (QED) is 0.169. The van der Waals surface area contributed by atoms with Gasteiger partial charge in [-0.3, -0.25) is 0 Å². The van der Waals surface area contributed by atoms with E-state index in [-0.39, 0.29) is 0 Å². The third kappa shape index (κ3) is 20.1. The van der Waals surface area contributed by atoms with Crippen LogP contribution in [0.2, 0.25) is 0 Å². The first kappa shape index (κ1) is 21.0. The Kier molecular flexibility index (Phi) is 20.1. The van der Waals surface area contributed by atoms with Crippen molar-refractivity contribution in [2.45, 2.75) is 103 Å². The molecule has 0 aromatic rings. The highest BCUT2D eigenvalue weighted by Gasteiger charge is 1.92. The summed E-state index contributed by atoms with van der Waals surface area (Å²) in [6.07, 6.45) is 25.1. The molecule has 0 amide bonds. The van der Waals surface area contributed by atoms with Crippen molar-refractivity contribution in [3.05, 3.63) is 12.2 Å². The predicted molar refractivity (Wildman–Crippen MR) is 99.2 cm³/mol. The standard InChI is InChI=1S/C19H38OS/c1-2-3-4-5-6-7-8-9-10-11-12-13-14-15-16-17-18-19-21-20/h9-10,20H,2-8,11-19H2,1H3/b10-9-. The van der Waals surface area contributed by atoms with E-state index in [2.05, 4.69) is 19.1 Å². The van der Waals surface area contributed by atoms with Crippen LogP contribution in [0.1, 0.15) is 103 Å². The van der Waals surface area contributed by atoms with E-state index in [1.54, 1.807) is 0 Å². The zero-order valence-electron chi connectivity index (χ0n) is 14.3. The van der Waals surface area contributed by atoms with Gasteiger partial charge in [0.15, 0.2) is 0 Å². The second-order valence-electron chi connectivity index (χ2n) is 6.12. The van der Waals surface area contributed by atoms with E-state index in [1.807, 2.05) is 0 Å². The maximum atomic E-state index is 8.60. The summed E-state index contributed by atoms with van der Waals surface area (Å²) in [5.74, 6) is 0.906. The van der Waals surface area contributed by atoms with Crippen molar-refractivity contribution in [1.29, 1.82) is 0 Å². The Morgan fingerprint density at radius 3 is 1.52 bits per heavy atom. The lowest BCUT2D eigenvalue weighted by atomic mass is 10.1. The molecule has 0 aliphatic heterocycles. The number of hydrogen-bond donors (Lipinski definition) is 1. The van der Waals surface area contributed by atoms with Crippen LogP contribution >= 0.6 is 12.0 Å². The largest absolute Gasteiger partial charge is 0.330 e. The Labute approximate surface area is 138 Å². The van der Waals surface area contributed by atoms with Gasteiger partial charge in [-0.2, -0.15) is 0 Å². The van der Waals surface area contributed by atoms with Crippen molar-refractivity contribution < 1.29 is 4.55 Å². The number of rotatable bonds is 17. The van der Waals surface area contributed by atoms with Gasteiger partial charge in [0.05, 0.1) is 0 Å². The predicted octanol–water partition coefficient (Wildman–Crippen LogP) is 7.62. The molecular weight excluding hydrogens is 276 g/mol. The average Bonchev–Trinajstić information content (AvgIpc) is 2.50. The maximum Gasteiger partial charge on any atom is 0.0195 e. The Hall–Kier alpha value is 0.0500. The first-order chi connectivity index (χ1) is 10.4. The zero-order valence-corrected chi connectivity index (χ0v) is 15.1. The molecule has 0 spiro atoms. The first-order valence-electron chi connectivity index (χ1n) is 9.33. The van der Waals surface area contributed by atoms with E-state index in [4.69, 9.17) is 4.55 Å². The van der Waals surface area contributed by atoms with Gasteiger partial charge in [0.1, 0.15) is 0 Å². The Morgan fingerprint density at radius 1 is 0.619 bits per heavy atom. The fraction of sp³-hybridized carbons (Fsp3) is 0.895.